The molecule has 0 unspecified atom stereocenters. The van der Waals surface area contributed by atoms with Crippen molar-refractivity contribution >= 4 is 17.6 Å². The van der Waals surface area contributed by atoms with Crippen LogP contribution in [0, 0.1) is 18.2 Å². The number of carboxylic acids is 1. The number of nitrogens with one attached hydrogen (secondary N) is 1. The van der Waals surface area contributed by atoms with Gasteiger partial charge in [0.2, 0.25) is 5.91 Å². The highest BCUT2D eigenvalue weighted by molar-refractivity contribution is 5.95. The van der Waals surface area contributed by atoms with Crippen molar-refractivity contribution in [2.75, 3.05) is 5.32 Å². The van der Waals surface area contributed by atoms with Gasteiger partial charge in [0.15, 0.2) is 0 Å². The molecule has 0 bridgehead atoms. The Labute approximate surface area is 157 Å². The Balaban J connectivity index is 1.59. The fourth-order valence-electron chi connectivity index (χ4n) is 3.23. The number of carboxylic acid groups (broad SMARTS) is 1. The van der Waals surface area contributed by atoms with Gasteiger partial charge in [0.25, 0.3) is 0 Å². The predicted molar refractivity (Wildman–Crippen MR) is 99.1 cm³/mol. The van der Waals surface area contributed by atoms with Gasteiger partial charge in [0.1, 0.15) is 18.2 Å². The van der Waals surface area contributed by atoms with E-state index in [1.807, 2.05) is 6.92 Å². The van der Waals surface area contributed by atoms with Crippen molar-refractivity contribution in [1.82, 2.24) is 0 Å². The molecule has 0 spiro atoms. The van der Waals surface area contributed by atoms with Crippen LogP contribution in [0.2, 0.25) is 0 Å². The third-order valence-electron chi connectivity index (χ3n) is 5.03. The highest BCUT2D eigenvalue weighted by Crippen LogP contribution is 2.44. The van der Waals surface area contributed by atoms with Crippen molar-refractivity contribution in [3.63, 3.8) is 0 Å². The van der Waals surface area contributed by atoms with Gasteiger partial charge in [0, 0.05) is 12.1 Å². The maximum atomic E-state index is 13.2. The monoisotopic (exact) mass is 371 g/mol. The fourth-order valence-corrected chi connectivity index (χ4v) is 3.23. The van der Waals surface area contributed by atoms with E-state index >= 15 is 0 Å². The van der Waals surface area contributed by atoms with E-state index in [1.165, 1.54) is 12.1 Å². The zero-order chi connectivity index (χ0) is 19.4. The Kier molecular flexibility index (Phi) is 5.44. The molecule has 27 heavy (non-hydrogen) atoms. The van der Waals surface area contributed by atoms with Crippen LogP contribution in [-0.2, 0) is 16.2 Å². The largest absolute Gasteiger partial charge is 0.489 e. The first-order chi connectivity index (χ1) is 12.9. The molecule has 6 heteroatoms. The summed E-state index contributed by atoms with van der Waals surface area (Å²) in [5, 5.41) is 12.1. The second kappa shape index (κ2) is 7.78. The summed E-state index contributed by atoms with van der Waals surface area (Å²) in [4.78, 5) is 23.7. The number of amides is 1. The molecule has 3 rings (SSSR count). The molecule has 2 aromatic rings. The number of aliphatic carboxylic acids is 1. The average Bonchev–Trinajstić information content (AvgIpc) is 2.58. The van der Waals surface area contributed by atoms with Gasteiger partial charge in [-0.15, -0.1) is 0 Å². The number of aryl methyl sites for hydroxylation is 1. The zero-order valence-electron chi connectivity index (χ0n) is 15.1. The first-order valence-electron chi connectivity index (χ1n) is 8.89. The summed E-state index contributed by atoms with van der Waals surface area (Å²) < 4.78 is 18.9. The Morgan fingerprint density at radius 2 is 2.00 bits per heavy atom. The number of ether oxygens (including phenoxy) is 1. The van der Waals surface area contributed by atoms with E-state index in [0.29, 0.717) is 24.3 Å². The van der Waals surface area contributed by atoms with Crippen molar-refractivity contribution in [2.45, 2.75) is 39.2 Å². The number of halogens is 1. The molecule has 1 aliphatic carbocycles. The second-order valence-corrected chi connectivity index (χ2v) is 7.06. The molecular weight excluding hydrogens is 349 g/mol. The summed E-state index contributed by atoms with van der Waals surface area (Å²) in [6.45, 7) is 2.07. The summed E-state index contributed by atoms with van der Waals surface area (Å²) in [5.41, 5.74) is 1.24. The molecule has 2 aromatic carbocycles. The number of rotatable bonds is 7. The van der Waals surface area contributed by atoms with Gasteiger partial charge >= 0.3 is 5.97 Å². The van der Waals surface area contributed by atoms with Crippen LogP contribution < -0.4 is 10.1 Å². The molecule has 1 aliphatic rings. The van der Waals surface area contributed by atoms with Crippen LogP contribution in [0.15, 0.2) is 42.5 Å². The summed E-state index contributed by atoms with van der Waals surface area (Å²) in [5.74, 6) is -0.901. The Bertz CT molecular complexity index is 861. The molecule has 1 amide bonds. The molecule has 1 fully saturated rings. The van der Waals surface area contributed by atoms with E-state index in [2.05, 4.69) is 5.32 Å². The quantitative estimate of drug-likeness (QED) is 0.761. The highest BCUT2D eigenvalue weighted by atomic mass is 19.1. The van der Waals surface area contributed by atoms with Crippen molar-refractivity contribution in [3.05, 3.63) is 59.4 Å². The molecule has 0 atom stereocenters. The SMILES string of the molecule is Cc1cc(OCc2cccc(F)c2)ccc1NC(=O)CC1(C(=O)O)CCC1. The number of anilines is 1. The first kappa shape index (κ1) is 18.9. The average molecular weight is 371 g/mol. The van der Waals surface area contributed by atoms with Crippen molar-refractivity contribution in [3.8, 4) is 5.75 Å². The molecule has 0 aliphatic heterocycles. The Morgan fingerprint density at radius 3 is 2.59 bits per heavy atom. The van der Waals surface area contributed by atoms with Gasteiger partial charge in [-0.25, -0.2) is 4.39 Å². The predicted octanol–water partition coefficient (Wildman–Crippen LogP) is 4.30. The minimum Gasteiger partial charge on any atom is -0.489 e. The lowest BCUT2D eigenvalue weighted by Gasteiger charge is -2.36. The fraction of sp³-hybridized carbons (Fsp3) is 0.333. The molecule has 5 nitrogen and oxygen atoms in total. The standard InChI is InChI=1S/C21H22FNO4/c1-14-10-17(27-13-15-4-2-5-16(22)11-15)6-7-18(14)23-19(24)12-21(20(25)26)8-3-9-21/h2,4-7,10-11H,3,8-9,12-13H2,1H3,(H,23,24)(H,25,26). The zero-order valence-corrected chi connectivity index (χ0v) is 15.1. The van der Waals surface area contributed by atoms with Crippen molar-refractivity contribution < 1.29 is 23.8 Å². The van der Waals surface area contributed by atoms with Crippen LogP contribution in [0.25, 0.3) is 0 Å². The number of carbonyl (C=O) groups is 2. The summed E-state index contributed by atoms with van der Waals surface area (Å²) in [7, 11) is 0. The smallest absolute Gasteiger partial charge is 0.310 e. The van der Waals surface area contributed by atoms with E-state index in [-0.39, 0.29) is 24.8 Å². The molecule has 0 saturated heterocycles. The van der Waals surface area contributed by atoms with Crippen LogP contribution in [0.4, 0.5) is 10.1 Å². The van der Waals surface area contributed by atoms with E-state index in [4.69, 9.17) is 4.74 Å². The lowest BCUT2D eigenvalue weighted by molar-refractivity contribution is -0.157. The van der Waals surface area contributed by atoms with E-state index < -0.39 is 11.4 Å². The number of carbonyl (C=O) groups excluding carboxylic acids is 1. The second-order valence-electron chi connectivity index (χ2n) is 7.06. The third-order valence-corrected chi connectivity index (χ3v) is 5.03. The van der Waals surface area contributed by atoms with Crippen LogP contribution in [0.1, 0.15) is 36.8 Å². The molecule has 142 valence electrons. The van der Waals surface area contributed by atoms with Crippen LogP contribution in [-0.4, -0.2) is 17.0 Å². The van der Waals surface area contributed by atoms with Gasteiger partial charge < -0.3 is 15.2 Å². The van der Waals surface area contributed by atoms with E-state index in [9.17, 15) is 19.1 Å². The van der Waals surface area contributed by atoms with Crippen LogP contribution >= 0.6 is 0 Å². The highest BCUT2D eigenvalue weighted by Gasteiger charge is 2.45. The van der Waals surface area contributed by atoms with Gasteiger partial charge in [-0.3, -0.25) is 9.59 Å². The minimum atomic E-state index is -0.911. The van der Waals surface area contributed by atoms with Gasteiger partial charge in [-0.05, 0) is 61.2 Å². The van der Waals surface area contributed by atoms with Gasteiger partial charge in [-0.1, -0.05) is 18.6 Å². The first-order valence-corrected chi connectivity index (χ1v) is 8.89. The third kappa shape index (κ3) is 4.45. The summed E-state index contributed by atoms with van der Waals surface area (Å²) >= 11 is 0. The number of benzene rings is 2. The van der Waals surface area contributed by atoms with Crippen molar-refractivity contribution in [2.24, 2.45) is 5.41 Å². The number of hydrogen-bond donors (Lipinski definition) is 2. The Morgan fingerprint density at radius 1 is 1.22 bits per heavy atom. The summed E-state index contributed by atoms with van der Waals surface area (Å²) in [6, 6.07) is 11.4. The topological polar surface area (TPSA) is 75.6 Å². The van der Waals surface area contributed by atoms with Crippen LogP contribution in [0.5, 0.6) is 5.75 Å². The normalized spacial score (nSPS) is 14.9. The summed E-state index contributed by atoms with van der Waals surface area (Å²) in [6.07, 6.45) is 1.92. The maximum Gasteiger partial charge on any atom is 0.310 e. The van der Waals surface area contributed by atoms with Gasteiger partial charge in [0.05, 0.1) is 5.41 Å². The molecule has 0 radical (unpaired) electrons. The molecule has 2 N–H and O–H groups in total. The molecular formula is C21H22FNO4. The maximum absolute atomic E-state index is 13.2. The van der Waals surface area contributed by atoms with E-state index in [1.54, 1.807) is 30.3 Å². The lowest BCUT2D eigenvalue weighted by Crippen LogP contribution is -2.41. The molecule has 1 saturated carbocycles. The van der Waals surface area contributed by atoms with E-state index in [0.717, 1.165) is 17.5 Å². The molecule has 0 aromatic heterocycles. The van der Waals surface area contributed by atoms with Crippen LogP contribution in [0.3, 0.4) is 0 Å². The van der Waals surface area contributed by atoms with Crippen molar-refractivity contribution in [1.29, 1.82) is 0 Å². The minimum absolute atomic E-state index is 0.0143. The lowest BCUT2D eigenvalue weighted by atomic mass is 9.66. The number of hydrogen-bond acceptors (Lipinski definition) is 3. The van der Waals surface area contributed by atoms with Gasteiger partial charge in [-0.2, -0.15) is 0 Å². The Hall–Kier alpha value is -2.89. The molecule has 0 heterocycles.